The van der Waals surface area contributed by atoms with Crippen molar-refractivity contribution in [2.75, 3.05) is 13.2 Å². The molecular weight excluding hydrogens is 498 g/mol. The Balaban J connectivity index is 1.20. The van der Waals surface area contributed by atoms with Gasteiger partial charge < -0.3 is 19.7 Å². The largest absolute Gasteiger partial charge is 0.491 e. The van der Waals surface area contributed by atoms with Crippen LogP contribution in [-0.4, -0.2) is 34.5 Å². The molecule has 6 heteroatoms. The summed E-state index contributed by atoms with van der Waals surface area (Å²) in [5.74, 6) is 1.74. The van der Waals surface area contributed by atoms with Gasteiger partial charge in [0.05, 0.1) is 6.04 Å². The van der Waals surface area contributed by atoms with Crippen molar-refractivity contribution in [3.63, 3.8) is 0 Å². The Morgan fingerprint density at radius 3 is 2.08 bits per heavy atom. The van der Waals surface area contributed by atoms with E-state index in [1.165, 1.54) is 11.1 Å². The van der Waals surface area contributed by atoms with Gasteiger partial charge in [0.1, 0.15) is 18.5 Å². The van der Waals surface area contributed by atoms with E-state index in [1.54, 1.807) is 0 Å². The van der Waals surface area contributed by atoms with E-state index < -0.39 is 6.10 Å². The van der Waals surface area contributed by atoms with Crippen molar-refractivity contribution in [2.45, 2.75) is 37.8 Å². The van der Waals surface area contributed by atoms with Crippen molar-refractivity contribution in [1.82, 2.24) is 15.5 Å². The number of nitrogens with zero attached hydrogens (tertiary/aromatic N) is 2. The fourth-order valence-electron chi connectivity index (χ4n) is 4.70. The van der Waals surface area contributed by atoms with E-state index in [-0.39, 0.29) is 18.1 Å². The molecule has 1 heterocycles. The highest BCUT2D eigenvalue weighted by Crippen LogP contribution is 2.32. The molecule has 0 amide bonds. The molecule has 4 aromatic carbocycles. The number of nitrogens with one attached hydrogen (secondary N) is 1. The Morgan fingerprint density at radius 1 is 0.800 bits per heavy atom. The van der Waals surface area contributed by atoms with Crippen LogP contribution >= 0.6 is 0 Å². The van der Waals surface area contributed by atoms with E-state index in [1.807, 2.05) is 66.7 Å². The van der Waals surface area contributed by atoms with Crippen molar-refractivity contribution in [3.05, 3.63) is 138 Å². The van der Waals surface area contributed by atoms with Crippen LogP contribution in [0.5, 0.6) is 5.75 Å². The van der Waals surface area contributed by atoms with Crippen LogP contribution in [0.25, 0.3) is 11.4 Å². The van der Waals surface area contributed by atoms with Gasteiger partial charge in [0.25, 0.3) is 0 Å². The topological polar surface area (TPSA) is 80.4 Å². The number of rotatable bonds is 12. The molecule has 0 aliphatic heterocycles. The summed E-state index contributed by atoms with van der Waals surface area (Å²) in [5.41, 5.74) is 4.36. The van der Waals surface area contributed by atoms with Gasteiger partial charge in [-0.25, -0.2) is 0 Å². The Hall–Kier alpha value is -4.26. The second-order valence-corrected chi connectivity index (χ2v) is 10.5. The maximum atomic E-state index is 10.7. The highest BCUT2D eigenvalue weighted by Gasteiger charge is 2.23. The molecule has 0 fully saturated rings. The van der Waals surface area contributed by atoms with E-state index in [4.69, 9.17) is 9.26 Å². The monoisotopic (exact) mass is 533 g/mol. The first-order valence-electron chi connectivity index (χ1n) is 13.6. The minimum atomic E-state index is -0.727. The standard InChI is InChI=1S/C34H35N3O3/c1-34(2,27-16-10-5-11-17-27)28-18-20-30(21-19-28)39-24-29(38)23-35-31(22-25-12-6-3-7-13-25)33-36-32(37-40-33)26-14-8-4-9-15-26/h3-21,29,31,35,38H,22-24H2,1-2H3/t29-,31+/m0/s1. The van der Waals surface area contributed by atoms with E-state index in [0.29, 0.717) is 24.7 Å². The second-order valence-electron chi connectivity index (χ2n) is 10.5. The van der Waals surface area contributed by atoms with E-state index in [2.05, 4.69) is 77.8 Å². The average Bonchev–Trinajstić information content (AvgIpc) is 3.50. The zero-order chi connectivity index (χ0) is 27.8. The number of benzene rings is 4. The van der Waals surface area contributed by atoms with Crippen molar-refractivity contribution >= 4 is 0 Å². The Kier molecular flexibility index (Phi) is 8.69. The molecule has 0 aliphatic carbocycles. The number of aromatic nitrogens is 2. The molecule has 40 heavy (non-hydrogen) atoms. The maximum absolute atomic E-state index is 10.7. The Labute approximate surface area is 235 Å². The van der Waals surface area contributed by atoms with Crippen LogP contribution in [0, 0.1) is 0 Å². The first kappa shape index (κ1) is 27.3. The van der Waals surface area contributed by atoms with Gasteiger partial charge >= 0.3 is 0 Å². The fourth-order valence-corrected chi connectivity index (χ4v) is 4.70. The molecule has 0 saturated heterocycles. The normalized spacial score (nSPS) is 13.1. The van der Waals surface area contributed by atoms with Gasteiger partial charge in [-0.1, -0.05) is 122 Å². The van der Waals surface area contributed by atoms with E-state index >= 15 is 0 Å². The van der Waals surface area contributed by atoms with Crippen molar-refractivity contribution in [2.24, 2.45) is 0 Å². The predicted octanol–water partition coefficient (Wildman–Crippen LogP) is 6.38. The van der Waals surface area contributed by atoms with Crippen LogP contribution in [0.1, 0.15) is 42.5 Å². The van der Waals surface area contributed by atoms with Gasteiger partial charge in [0, 0.05) is 17.5 Å². The number of aliphatic hydroxyl groups excluding tert-OH is 1. The molecule has 0 saturated carbocycles. The predicted molar refractivity (Wildman–Crippen MR) is 157 cm³/mol. The summed E-state index contributed by atoms with van der Waals surface area (Å²) in [6.45, 7) is 4.89. The van der Waals surface area contributed by atoms with Gasteiger partial charge in [-0.3, -0.25) is 0 Å². The molecule has 0 bridgehead atoms. The molecule has 2 N–H and O–H groups in total. The van der Waals surface area contributed by atoms with Gasteiger partial charge in [-0.05, 0) is 35.2 Å². The lowest BCUT2D eigenvalue weighted by Crippen LogP contribution is -2.35. The van der Waals surface area contributed by atoms with Crippen LogP contribution in [-0.2, 0) is 11.8 Å². The van der Waals surface area contributed by atoms with Crippen LogP contribution < -0.4 is 10.1 Å². The van der Waals surface area contributed by atoms with Gasteiger partial charge in [-0.2, -0.15) is 4.98 Å². The van der Waals surface area contributed by atoms with Crippen molar-refractivity contribution in [1.29, 1.82) is 0 Å². The van der Waals surface area contributed by atoms with Gasteiger partial charge in [0.15, 0.2) is 0 Å². The number of hydrogen-bond acceptors (Lipinski definition) is 6. The minimum absolute atomic E-state index is 0.119. The second kappa shape index (κ2) is 12.7. The number of ether oxygens (including phenoxy) is 1. The third kappa shape index (κ3) is 6.84. The third-order valence-electron chi connectivity index (χ3n) is 7.17. The quantitative estimate of drug-likeness (QED) is 0.194. The smallest absolute Gasteiger partial charge is 0.244 e. The third-order valence-corrected chi connectivity index (χ3v) is 7.17. The summed E-state index contributed by atoms with van der Waals surface area (Å²) in [7, 11) is 0. The summed E-state index contributed by atoms with van der Waals surface area (Å²) >= 11 is 0. The molecular formula is C34H35N3O3. The number of aliphatic hydroxyl groups is 1. The molecule has 2 atom stereocenters. The molecule has 0 aliphatic rings. The molecule has 5 rings (SSSR count). The van der Waals surface area contributed by atoms with Crippen LogP contribution in [0.4, 0.5) is 0 Å². The summed E-state index contributed by atoms with van der Waals surface area (Å²) in [6, 6.07) is 38.1. The Morgan fingerprint density at radius 2 is 1.40 bits per heavy atom. The average molecular weight is 534 g/mol. The molecule has 5 aromatic rings. The molecule has 0 spiro atoms. The molecule has 0 radical (unpaired) electrons. The first-order chi connectivity index (χ1) is 19.5. The molecule has 204 valence electrons. The lowest BCUT2D eigenvalue weighted by atomic mass is 9.78. The first-order valence-corrected chi connectivity index (χ1v) is 13.6. The van der Waals surface area contributed by atoms with Gasteiger partial charge in [-0.15, -0.1) is 0 Å². The van der Waals surface area contributed by atoms with E-state index in [0.717, 1.165) is 16.9 Å². The summed E-state index contributed by atoms with van der Waals surface area (Å²) in [4.78, 5) is 4.65. The van der Waals surface area contributed by atoms with Crippen molar-refractivity contribution < 1.29 is 14.4 Å². The fraction of sp³-hybridized carbons (Fsp3) is 0.235. The maximum Gasteiger partial charge on any atom is 0.244 e. The lowest BCUT2D eigenvalue weighted by molar-refractivity contribution is 0.102. The zero-order valence-corrected chi connectivity index (χ0v) is 22.9. The van der Waals surface area contributed by atoms with Crippen molar-refractivity contribution in [3.8, 4) is 17.1 Å². The minimum Gasteiger partial charge on any atom is -0.491 e. The number of hydrogen-bond donors (Lipinski definition) is 2. The molecule has 6 nitrogen and oxygen atoms in total. The SMILES string of the molecule is CC(C)(c1ccccc1)c1ccc(OC[C@@H](O)CN[C@H](Cc2ccccc2)c2nc(-c3ccccc3)no2)cc1. The van der Waals surface area contributed by atoms with Gasteiger partial charge in [0.2, 0.25) is 11.7 Å². The summed E-state index contributed by atoms with van der Waals surface area (Å²) in [5, 5.41) is 18.3. The lowest BCUT2D eigenvalue weighted by Gasteiger charge is -2.26. The molecule has 1 aromatic heterocycles. The van der Waals surface area contributed by atoms with Crippen LogP contribution in [0.2, 0.25) is 0 Å². The summed E-state index contributed by atoms with van der Waals surface area (Å²) < 4.78 is 11.6. The molecule has 0 unspecified atom stereocenters. The highest BCUT2D eigenvalue weighted by molar-refractivity contribution is 5.53. The van der Waals surface area contributed by atoms with Crippen LogP contribution in [0.15, 0.2) is 120 Å². The zero-order valence-electron chi connectivity index (χ0n) is 22.9. The van der Waals surface area contributed by atoms with Crippen LogP contribution in [0.3, 0.4) is 0 Å². The summed E-state index contributed by atoms with van der Waals surface area (Å²) in [6.07, 6.45) is -0.0843. The Bertz CT molecular complexity index is 1450. The van der Waals surface area contributed by atoms with E-state index in [9.17, 15) is 5.11 Å². The highest BCUT2D eigenvalue weighted by atomic mass is 16.5.